The summed E-state index contributed by atoms with van der Waals surface area (Å²) in [5.41, 5.74) is 3.79. The normalized spacial score (nSPS) is 17.4. The van der Waals surface area contributed by atoms with Crippen molar-refractivity contribution in [3.05, 3.63) is 113 Å². The summed E-state index contributed by atoms with van der Waals surface area (Å²) in [5, 5.41) is 17.5. The number of fused-ring (bicyclic) bond motifs is 2. The zero-order valence-electron chi connectivity index (χ0n) is 20.7. The van der Waals surface area contributed by atoms with E-state index in [1.54, 1.807) is 6.07 Å². The molecule has 0 spiro atoms. The number of benzene rings is 4. The second-order valence-electron chi connectivity index (χ2n) is 9.47. The minimum atomic E-state index is -1.07. The summed E-state index contributed by atoms with van der Waals surface area (Å²) in [7, 11) is 0. The summed E-state index contributed by atoms with van der Waals surface area (Å²) in [5.74, 6) is -0.566. The Morgan fingerprint density at radius 1 is 0.973 bits per heavy atom. The minimum Gasteiger partial charge on any atom is -0.489 e. The number of hydrogen-bond donors (Lipinski definition) is 3. The zero-order valence-corrected chi connectivity index (χ0v) is 20.7. The monoisotopic (exact) mass is 494 g/mol. The predicted molar refractivity (Wildman–Crippen MR) is 144 cm³/mol. The van der Waals surface area contributed by atoms with Crippen LogP contribution >= 0.6 is 0 Å². The van der Waals surface area contributed by atoms with Gasteiger partial charge in [0.15, 0.2) is 0 Å². The Morgan fingerprint density at radius 3 is 2.59 bits per heavy atom. The maximum absolute atomic E-state index is 12.5. The molecule has 5 rings (SSSR count). The number of para-hydroxylation sites is 1. The lowest BCUT2D eigenvalue weighted by atomic mass is 9.83. The van der Waals surface area contributed by atoms with Gasteiger partial charge in [0.05, 0.1) is 0 Å². The zero-order chi connectivity index (χ0) is 25.8. The lowest BCUT2D eigenvalue weighted by Crippen LogP contribution is -2.37. The number of carboxylic acid groups (broad SMARTS) is 1. The van der Waals surface area contributed by atoms with E-state index in [9.17, 15) is 9.59 Å². The van der Waals surface area contributed by atoms with Gasteiger partial charge in [0.25, 0.3) is 5.91 Å². The van der Waals surface area contributed by atoms with E-state index in [1.807, 2.05) is 36.4 Å². The quantitative estimate of drug-likeness (QED) is 0.310. The van der Waals surface area contributed by atoms with Gasteiger partial charge in [0.1, 0.15) is 18.4 Å². The lowest BCUT2D eigenvalue weighted by Gasteiger charge is -2.33. The molecule has 6 heteroatoms. The van der Waals surface area contributed by atoms with E-state index < -0.39 is 18.4 Å². The van der Waals surface area contributed by atoms with Gasteiger partial charge in [0, 0.05) is 29.6 Å². The second-order valence-corrected chi connectivity index (χ2v) is 9.47. The molecule has 0 saturated carbocycles. The van der Waals surface area contributed by atoms with Crippen molar-refractivity contribution in [1.29, 1.82) is 0 Å². The summed E-state index contributed by atoms with van der Waals surface area (Å²) in [6.07, 6.45) is 0.703. The fourth-order valence-corrected chi connectivity index (χ4v) is 5.13. The molecule has 0 bridgehead atoms. The van der Waals surface area contributed by atoms with Crippen LogP contribution in [0.25, 0.3) is 10.8 Å². The van der Waals surface area contributed by atoms with Gasteiger partial charge in [-0.15, -0.1) is 0 Å². The maximum Gasteiger partial charge on any atom is 0.322 e. The molecule has 0 radical (unpaired) electrons. The largest absolute Gasteiger partial charge is 0.489 e. The van der Waals surface area contributed by atoms with Gasteiger partial charge in [-0.1, -0.05) is 72.8 Å². The van der Waals surface area contributed by atoms with Gasteiger partial charge in [0.2, 0.25) is 0 Å². The van der Waals surface area contributed by atoms with Crippen LogP contribution in [0.1, 0.15) is 52.4 Å². The van der Waals surface area contributed by atoms with Crippen molar-refractivity contribution in [1.82, 2.24) is 10.6 Å². The summed E-state index contributed by atoms with van der Waals surface area (Å²) < 4.78 is 6.39. The van der Waals surface area contributed by atoms with Gasteiger partial charge in [-0.3, -0.25) is 9.59 Å². The Kier molecular flexibility index (Phi) is 7.19. The third-order valence-corrected chi connectivity index (χ3v) is 6.98. The Morgan fingerprint density at radius 2 is 1.73 bits per heavy atom. The Labute approximate surface area is 216 Å². The number of ether oxygens (including phenoxy) is 1. The summed E-state index contributed by atoms with van der Waals surface area (Å²) in [4.78, 5) is 23.3. The Hall–Kier alpha value is -4.16. The number of nitrogens with one attached hydrogen (secondary N) is 2. The third-order valence-electron chi connectivity index (χ3n) is 6.98. The molecule has 37 heavy (non-hydrogen) atoms. The van der Waals surface area contributed by atoms with E-state index in [4.69, 9.17) is 9.84 Å². The highest BCUT2D eigenvalue weighted by atomic mass is 16.5. The first-order valence-corrected chi connectivity index (χ1v) is 12.6. The molecule has 1 aliphatic heterocycles. The van der Waals surface area contributed by atoms with Crippen molar-refractivity contribution >= 4 is 22.6 Å². The van der Waals surface area contributed by atoms with Crippen molar-refractivity contribution in [3.63, 3.8) is 0 Å². The van der Waals surface area contributed by atoms with Gasteiger partial charge in [-0.2, -0.15) is 0 Å². The van der Waals surface area contributed by atoms with Crippen LogP contribution in [0.2, 0.25) is 0 Å². The first-order valence-electron chi connectivity index (χ1n) is 12.6. The second kappa shape index (κ2) is 10.8. The van der Waals surface area contributed by atoms with E-state index in [2.05, 4.69) is 66.1 Å². The van der Waals surface area contributed by atoms with Crippen LogP contribution in [-0.2, 0) is 4.79 Å². The number of carbonyl (C=O) groups is 2. The van der Waals surface area contributed by atoms with Crippen molar-refractivity contribution in [2.75, 3.05) is 13.1 Å². The van der Waals surface area contributed by atoms with Crippen molar-refractivity contribution in [2.24, 2.45) is 0 Å². The lowest BCUT2D eigenvalue weighted by molar-refractivity contribution is -0.135. The van der Waals surface area contributed by atoms with Gasteiger partial charge in [-0.05, 0) is 53.4 Å². The molecule has 3 atom stereocenters. The van der Waals surface area contributed by atoms with Crippen LogP contribution in [0, 0.1) is 0 Å². The molecule has 1 heterocycles. The molecule has 1 amide bonds. The topological polar surface area (TPSA) is 87.7 Å². The number of amides is 1. The molecule has 188 valence electrons. The van der Waals surface area contributed by atoms with Crippen molar-refractivity contribution in [3.8, 4) is 5.75 Å². The summed E-state index contributed by atoms with van der Waals surface area (Å²) in [6, 6.07) is 30.4. The van der Waals surface area contributed by atoms with Gasteiger partial charge < -0.3 is 20.5 Å². The molecule has 0 fully saturated rings. The summed E-state index contributed by atoms with van der Waals surface area (Å²) in [6.45, 7) is 2.44. The molecule has 0 aromatic heterocycles. The molecule has 1 aliphatic rings. The molecule has 4 aromatic rings. The first-order chi connectivity index (χ1) is 18.0. The highest BCUT2D eigenvalue weighted by Gasteiger charge is 2.30. The van der Waals surface area contributed by atoms with Crippen LogP contribution < -0.4 is 15.4 Å². The number of carbonyl (C=O) groups excluding carboxylic acids is 1. The van der Waals surface area contributed by atoms with E-state index in [1.165, 1.54) is 16.3 Å². The molecular weight excluding hydrogens is 464 g/mol. The van der Waals surface area contributed by atoms with Gasteiger partial charge >= 0.3 is 5.97 Å². The maximum atomic E-state index is 12.5. The summed E-state index contributed by atoms with van der Waals surface area (Å²) >= 11 is 0. The Bertz CT molecular complexity index is 1430. The standard InChI is InChI=1S/C31H30N2O4/c1-20(25-14-7-9-21-8-2-3-12-26(21)25)32-18-24-17-28(27-13-4-5-15-29(27)37-24)22-10-6-11-23(16-22)31(36)33-19-30(34)35/h2-16,20,24,28,32H,17-19H2,1H3,(H,33,36)(H,34,35)/t20-,24-,28+/m1/s1. The molecule has 6 nitrogen and oxygen atoms in total. The van der Waals surface area contributed by atoms with Crippen LogP contribution in [0.15, 0.2) is 91.0 Å². The number of hydrogen-bond acceptors (Lipinski definition) is 4. The average Bonchev–Trinajstić information content (AvgIpc) is 2.93. The molecule has 0 aliphatic carbocycles. The average molecular weight is 495 g/mol. The molecule has 4 aromatic carbocycles. The van der Waals surface area contributed by atoms with Crippen molar-refractivity contribution < 1.29 is 19.4 Å². The minimum absolute atomic E-state index is 0.0526. The van der Waals surface area contributed by atoms with E-state index in [-0.39, 0.29) is 18.1 Å². The fourth-order valence-electron chi connectivity index (χ4n) is 5.13. The third kappa shape index (κ3) is 5.49. The number of rotatable bonds is 8. The number of aliphatic carboxylic acids is 1. The first kappa shape index (κ1) is 24.5. The smallest absolute Gasteiger partial charge is 0.322 e. The predicted octanol–water partition coefficient (Wildman–Crippen LogP) is 5.29. The molecule has 3 N–H and O–H groups in total. The van der Waals surface area contributed by atoms with Crippen LogP contribution in [0.5, 0.6) is 5.75 Å². The van der Waals surface area contributed by atoms with Crippen molar-refractivity contribution in [2.45, 2.75) is 31.4 Å². The van der Waals surface area contributed by atoms with Crippen LogP contribution in [0.4, 0.5) is 0 Å². The van der Waals surface area contributed by atoms with Crippen LogP contribution in [0.3, 0.4) is 0 Å². The van der Waals surface area contributed by atoms with E-state index in [0.717, 1.165) is 23.3 Å². The Balaban J connectivity index is 1.34. The molecule has 0 saturated heterocycles. The number of carboxylic acids is 1. The fraction of sp³-hybridized carbons (Fsp3) is 0.226. The van der Waals surface area contributed by atoms with E-state index in [0.29, 0.717) is 12.1 Å². The highest BCUT2D eigenvalue weighted by molar-refractivity contribution is 5.96. The highest BCUT2D eigenvalue weighted by Crippen LogP contribution is 2.40. The molecule has 0 unspecified atom stereocenters. The van der Waals surface area contributed by atoms with E-state index >= 15 is 0 Å². The SMILES string of the molecule is C[C@@H](NC[C@H]1C[C@@H](c2cccc(C(=O)NCC(=O)O)c2)c2ccccc2O1)c1cccc2ccccc12. The molecular formula is C31H30N2O4. The van der Waals surface area contributed by atoms with Crippen LogP contribution in [-0.4, -0.2) is 36.2 Å². The van der Waals surface area contributed by atoms with Gasteiger partial charge in [-0.25, -0.2) is 0 Å².